The van der Waals surface area contributed by atoms with Gasteiger partial charge in [0, 0.05) is 13.0 Å². The van der Waals surface area contributed by atoms with Gasteiger partial charge in [-0.1, -0.05) is 166 Å². The quantitative estimate of drug-likeness (QED) is 0.0500. The van der Waals surface area contributed by atoms with Crippen molar-refractivity contribution in [2.45, 2.75) is 205 Å². The molecule has 0 aliphatic carbocycles. The molecule has 11 nitrogen and oxygen atoms in total. The predicted octanol–water partition coefficient (Wildman–Crippen LogP) is 7.68. The van der Waals surface area contributed by atoms with Gasteiger partial charge in [0.2, 0.25) is 11.8 Å². The molecule has 2 rings (SSSR count). The fourth-order valence-corrected chi connectivity index (χ4v) is 7.06. The van der Waals surface area contributed by atoms with Crippen molar-refractivity contribution in [2.75, 3.05) is 13.2 Å². The number of nitrogens with zero attached hydrogens (tertiary/aromatic N) is 1. The van der Waals surface area contributed by atoms with Crippen LogP contribution in [0, 0.1) is 0 Å². The largest absolute Gasteiger partial charge is 0.445 e. The zero-order valence-electron chi connectivity index (χ0n) is 33.9. The molecule has 1 aliphatic heterocycles. The van der Waals surface area contributed by atoms with Gasteiger partial charge in [-0.05, 0) is 25.3 Å². The van der Waals surface area contributed by atoms with E-state index in [1.807, 2.05) is 30.3 Å². The van der Waals surface area contributed by atoms with Gasteiger partial charge in [0.15, 0.2) is 6.23 Å². The number of ether oxygens (including phenoxy) is 2. The molecule has 0 bridgehead atoms. The van der Waals surface area contributed by atoms with Gasteiger partial charge < -0.3 is 40.3 Å². The van der Waals surface area contributed by atoms with E-state index in [0.717, 1.165) is 44.1 Å². The van der Waals surface area contributed by atoms with E-state index in [2.05, 4.69) is 24.5 Å². The second kappa shape index (κ2) is 29.5. The third-order valence-corrected chi connectivity index (χ3v) is 10.5. The lowest BCUT2D eigenvalue weighted by atomic mass is 9.94. The standard InChI is InChI=1S/C43H75N3O8/c1-4-6-8-10-12-14-16-17-19-21-26-30-37(48)46(31-27-22-20-18-15-13-11-9-7-5-2)42-38(40(50)39(49)36(32-47)54-42)45-41(51)34(3)44-43(52)53-33-35-28-24-23-25-29-35/h23-25,28-29,34,36,38-40,42,47,49-50H,4-22,26-27,30-33H2,1-3H3,(H,44,52)(H,45,51)/t34-,36+,38+,39+,40+,42+/m0/s1. The average molecular weight is 762 g/mol. The van der Waals surface area contributed by atoms with Crippen molar-refractivity contribution in [1.82, 2.24) is 15.5 Å². The van der Waals surface area contributed by atoms with Crippen LogP contribution in [0.1, 0.15) is 168 Å². The number of benzene rings is 1. The normalized spacial score (nSPS) is 20.3. The molecule has 3 amide bonds. The van der Waals surface area contributed by atoms with Crippen molar-refractivity contribution in [2.24, 2.45) is 0 Å². The van der Waals surface area contributed by atoms with Crippen LogP contribution in [0.15, 0.2) is 30.3 Å². The maximum atomic E-state index is 13.9. The summed E-state index contributed by atoms with van der Waals surface area (Å²) in [6, 6.07) is 6.90. The van der Waals surface area contributed by atoms with Crippen LogP contribution in [-0.2, 0) is 25.7 Å². The van der Waals surface area contributed by atoms with Crippen molar-refractivity contribution in [3.05, 3.63) is 35.9 Å². The first-order valence-electron chi connectivity index (χ1n) is 21.4. The van der Waals surface area contributed by atoms with Gasteiger partial charge in [0.1, 0.15) is 37.0 Å². The Hall–Kier alpha value is -2.73. The summed E-state index contributed by atoms with van der Waals surface area (Å²) in [5.41, 5.74) is 0.794. The first-order chi connectivity index (χ1) is 26.2. The van der Waals surface area contributed by atoms with Crippen molar-refractivity contribution >= 4 is 17.9 Å². The van der Waals surface area contributed by atoms with Crippen LogP contribution >= 0.6 is 0 Å². The number of amides is 3. The number of aliphatic hydroxyl groups excluding tert-OH is 3. The Labute approximate surface area is 326 Å². The highest BCUT2D eigenvalue weighted by molar-refractivity contribution is 5.85. The molecule has 6 atom stereocenters. The van der Waals surface area contributed by atoms with Crippen molar-refractivity contribution in [1.29, 1.82) is 0 Å². The number of unbranched alkanes of at least 4 members (excludes halogenated alkanes) is 19. The molecule has 0 aromatic heterocycles. The Bertz CT molecular complexity index is 1130. The molecule has 310 valence electrons. The van der Waals surface area contributed by atoms with Crippen molar-refractivity contribution in [3.8, 4) is 0 Å². The summed E-state index contributed by atoms with van der Waals surface area (Å²) in [5, 5.41) is 37.4. The Morgan fingerprint density at radius 2 is 1.24 bits per heavy atom. The van der Waals surface area contributed by atoms with E-state index in [0.29, 0.717) is 25.8 Å². The van der Waals surface area contributed by atoms with E-state index < -0.39 is 55.2 Å². The second-order valence-corrected chi connectivity index (χ2v) is 15.2. The molecule has 1 heterocycles. The topological polar surface area (TPSA) is 158 Å². The predicted molar refractivity (Wildman–Crippen MR) is 214 cm³/mol. The molecule has 1 saturated heterocycles. The van der Waals surface area contributed by atoms with Gasteiger partial charge in [-0.3, -0.25) is 9.59 Å². The van der Waals surface area contributed by atoms with Crippen LogP contribution in [0.5, 0.6) is 0 Å². The third kappa shape index (κ3) is 19.2. The number of hydrogen-bond donors (Lipinski definition) is 5. The Kier molecular flexibility index (Phi) is 25.9. The summed E-state index contributed by atoms with van der Waals surface area (Å²) in [7, 11) is 0. The van der Waals surface area contributed by atoms with E-state index >= 15 is 0 Å². The highest BCUT2D eigenvalue weighted by Crippen LogP contribution is 2.26. The average Bonchev–Trinajstić information content (AvgIpc) is 3.17. The van der Waals surface area contributed by atoms with Crippen LogP contribution in [-0.4, -0.2) is 87.9 Å². The van der Waals surface area contributed by atoms with Crippen LogP contribution in [0.4, 0.5) is 4.79 Å². The summed E-state index contributed by atoms with van der Waals surface area (Å²) < 4.78 is 11.4. The van der Waals surface area contributed by atoms with E-state index in [1.165, 1.54) is 90.4 Å². The van der Waals surface area contributed by atoms with Crippen LogP contribution < -0.4 is 10.6 Å². The molecule has 1 aromatic rings. The summed E-state index contributed by atoms with van der Waals surface area (Å²) in [6.07, 6.45) is 18.3. The first-order valence-corrected chi connectivity index (χ1v) is 21.4. The van der Waals surface area contributed by atoms with Gasteiger partial charge in [-0.2, -0.15) is 0 Å². The minimum Gasteiger partial charge on any atom is -0.445 e. The molecule has 1 fully saturated rings. The molecule has 0 radical (unpaired) electrons. The minimum atomic E-state index is -1.54. The van der Waals surface area contributed by atoms with E-state index in [-0.39, 0.29) is 12.5 Å². The minimum absolute atomic E-state index is 0.0299. The Morgan fingerprint density at radius 3 is 1.76 bits per heavy atom. The zero-order valence-corrected chi connectivity index (χ0v) is 33.9. The first kappa shape index (κ1) is 47.4. The summed E-state index contributed by atoms with van der Waals surface area (Å²) >= 11 is 0. The second-order valence-electron chi connectivity index (χ2n) is 15.2. The molecule has 11 heteroatoms. The monoisotopic (exact) mass is 762 g/mol. The fourth-order valence-electron chi connectivity index (χ4n) is 7.06. The number of alkyl carbamates (subject to hydrolysis) is 1. The van der Waals surface area contributed by atoms with E-state index in [1.54, 1.807) is 4.90 Å². The number of hydrogen-bond acceptors (Lipinski definition) is 8. The number of carbonyl (C=O) groups is 3. The van der Waals surface area contributed by atoms with Crippen LogP contribution in [0.3, 0.4) is 0 Å². The van der Waals surface area contributed by atoms with Gasteiger partial charge in [0.05, 0.1) is 6.61 Å². The van der Waals surface area contributed by atoms with E-state index in [9.17, 15) is 29.7 Å². The van der Waals surface area contributed by atoms with Crippen molar-refractivity contribution in [3.63, 3.8) is 0 Å². The third-order valence-electron chi connectivity index (χ3n) is 10.5. The molecule has 0 spiro atoms. The molecule has 5 N–H and O–H groups in total. The van der Waals surface area contributed by atoms with Crippen molar-refractivity contribution < 1.29 is 39.2 Å². The summed E-state index contributed by atoms with van der Waals surface area (Å²) in [6.45, 7) is 5.75. The van der Waals surface area contributed by atoms with Crippen LogP contribution in [0.25, 0.3) is 0 Å². The smallest absolute Gasteiger partial charge is 0.408 e. The number of nitrogens with one attached hydrogen (secondary N) is 2. The Balaban J connectivity index is 2.04. The van der Waals surface area contributed by atoms with Gasteiger partial charge in [-0.25, -0.2) is 4.79 Å². The van der Waals surface area contributed by atoms with Crippen LogP contribution in [0.2, 0.25) is 0 Å². The molecule has 54 heavy (non-hydrogen) atoms. The number of carbonyl (C=O) groups excluding carboxylic acids is 3. The molecular formula is C43H75N3O8. The lowest BCUT2D eigenvalue weighted by Gasteiger charge is -2.47. The zero-order chi connectivity index (χ0) is 39.4. The summed E-state index contributed by atoms with van der Waals surface area (Å²) in [5.74, 6) is -0.794. The molecule has 0 unspecified atom stereocenters. The fraction of sp³-hybridized carbons (Fsp3) is 0.791. The molecular weight excluding hydrogens is 686 g/mol. The van der Waals surface area contributed by atoms with E-state index in [4.69, 9.17) is 9.47 Å². The maximum Gasteiger partial charge on any atom is 0.408 e. The lowest BCUT2D eigenvalue weighted by Crippen LogP contribution is -2.69. The molecule has 0 saturated carbocycles. The SMILES string of the molecule is CCCCCCCCCCCCCC(=O)N(CCCCCCCCCCCC)[C@@H]1O[C@H](CO)[C@@H](O)[C@H](O)[C@H]1NC(=O)[C@H](C)NC(=O)OCc1ccccc1. The highest BCUT2D eigenvalue weighted by atomic mass is 16.6. The molecule has 1 aliphatic rings. The van der Waals surface area contributed by atoms with Gasteiger partial charge >= 0.3 is 6.09 Å². The highest BCUT2D eigenvalue weighted by Gasteiger charge is 2.48. The van der Waals surface area contributed by atoms with Gasteiger partial charge in [-0.15, -0.1) is 0 Å². The number of rotatable bonds is 30. The Morgan fingerprint density at radius 1 is 0.741 bits per heavy atom. The maximum absolute atomic E-state index is 13.9. The van der Waals surface area contributed by atoms with Gasteiger partial charge in [0.25, 0.3) is 0 Å². The molecule has 1 aromatic carbocycles. The lowest BCUT2D eigenvalue weighted by molar-refractivity contribution is -0.231. The number of aliphatic hydroxyl groups is 3. The summed E-state index contributed by atoms with van der Waals surface area (Å²) in [4.78, 5) is 41.4.